The Morgan fingerprint density at radius 2 is 2.07 bits per heavy atom. The highest BCUT2D eigenvalue weighted by Crippen LogP contribution is 2.04. The molecule has 0 aromatic heterocycles. The zero-order chi connectivity index (χ0) is 10.9. The predicted octanol–water partition coefficient (Wildman–Crippen LogP) is 2.74. The van der Waals surface area contributed by atoms with Crippen LogP contribution < -0.4 is 0 Å². The molecule has 0 spiro atoms. The predicted molar refractivity (Wildman–Crippen MR) is 60.5 cm³/mol. The molecule has 2 heteroatoms. The van der Waals surface area contributed by atoms with Crippen molar-refractivity contribution in [2.75, 3.05) is 7.11 Å². The van der Waals surface area contributed by atoms with Gasteiger partial charge in [0.1, 0.15) is 0 Å². The van der Waals surface area contributed by atoms with Crippen LogP contribution in [0, 0.1) is 0 Å². The van der Waals surface area contributed by atoms with Gasteiger partial charge in [-0.3, -0.25) is 0 Å². The number of benzene rings is 1. The molecule has 15 heavy (non-hydrogen) atoms. The quantitative estimate of drug-likeness (QED) is 0.419. The molecule has 0 aliphatic heterocycles. The second kappa shape index (κ2) is 6.82. The summed E-state index contributed by atoms with van der Waals surface area (Å²) in [5.41, 5.74) is 1.34. The van der Waals surface area contributed by atoms with Crippen LogP contribution in [0.5, 0.6) is 0 Å². The average molecular weight is 204 g/mol. The summed E-state index contributed by atoms with van der Waals surface area (Å²) in [6.45, 7) is 0. The fourth-order valence-corrected chi connectivity index (χ4v) is 1.32. The van der Waals surface area contributed by atoms with Gasteiger partial charge in [-0.1, -0.05) is 36.4 Å². The second-order valence-electron chi connectivity index (χ2n) is 3.30. The summed E-state index contributed by atoms with van der Waals surface area (Å²) in [5, 5.41) is 0. The molecule has 1 aromatic carbocycles. The van der Waals surface area contributed by atoms with Crippen molar-refractivity contribution in [2.45, 2.75) is 19.3 Å². The summed E-state index contributed by atoms with van der Waals surface area (Å²) in [5.74, 6) is -0.283. The van der Waals surface area contributed by atoms with E-state index in [1.807, 2.05) is 24.3 Å². The van der Waals surface area contributed by atoms with Crippen LogP contribution >= 0.6 is 0 Å². The number of carbonyl (C=O) groups is 1. The van der Waals surface area contributed by atoms with Crippen LogP contribution in [-0.2, 0) is 16.0 Å². The minimum absolute atomic E-state index is 0.283. The molecule has 80 valence electrons. The number of carbonyl (C=O) groups excluding carboxylic acids is 1. The fourth-order valence-electron chi connectivity index (χ4n) is 1.32. The molecule has 0 amide bonds. The Morgan fingerprint density at radius 1 is 1.33 bits per heavy atom. The van der Waals surface area contributed by atoms with Crippen molar-refractivity contribution >= 4 is 5.97 Å². The number of allylic oxidation sites excluding steroid dienone is 1. The van der Waals surface area contributed by atoms with Crippen molar-refractivity contribution in [2.24, 2.45) is 0 Å². The maximum absolute atomic E-state index is 10.7. The largest absolute Gasteiger partial charge is 0.466 e. The first-order valence-corrected chi connectivity index (χ1v) is 5.11. The fraction of sp³-hybridized carbons (Fsp3) is 0.308. The highest BCUT2D eigenvalue weighted by molar-refractivity contribution is 5.81. The van der Waals surface area contributed by atoms with Gasteiger partial charge in [-0.25, -0.2) is 4.79 Å². The van der Waals surface area contributed by atoms with E-state index in [-0.39, 0.29) is 5.97 Å². The van der Waals surface area contributed by atoms with Crippen molar-refractivity contribution in [3.05, 3.63) is 48.0 Å². The molecule has 0 aliphatic rings. The van der Waals surface area contributed by atoms with Gasteiger partial charge in [-0.2, -0.15) is 0 Å². The molecule has 0 aliphatic carbocycles. The topological polar surface area (TPSA) is 26.3 Å². The van der Waals surface area contributed by atoms with E-state index in [0.29, 0.717) is 0 Å². The van der Waals surface area contributed by atoms with Gasteiger partial charge in [0, 0.05) is 6.08 Å². The van der Waals surface area contributed by atoms with Gasteiger partial charge in [0.15, 0.2) is 0 Å². The minimum Gasteiger partial charge on any atom is -0.466 e. The second-order valence-corrected chi connectivity index (χ2v) is 3.30. The van der Waals surface area contributed by atoms with E-state index in [1.54, 1.807) is 0 Å². The smallest absolute Gasteiger partial charge is 0.330 e. The van der Waals surface area contributed by atoms with E-state index in [0.717, 1.165) is 19.3 Å². The lowest BCUT2D eigenvalue weighted by molar-refractivity contribution is -0.134. The van der Waals surface area contributed by atoms with Crippen LogP contribution in [-0.4, -0.2) is 13.1 Å². The van der Waals surface area contributed by atoms with E-state index >= 15 is 0 Å². The van der Waals surface area contributed by atoms with Crippen molar-refractivity contribution in [1.82, 2.24) is 0 Å². The Morgan fingerprint density at radius 3 is 2.73 bits per heavy atom. The number of hydrogen-bond acceptors (Lipinski definition) is 2. The zero-order valence-electron chi connectivity index (χ0n) is 8.98. The van der Waals surface area contributed by atoms with Crippen molar-refractivity contribution in [3.8, 4) is 0 Å². The Labute approximate surface area is 90.6 Å². The van der Waals surface area contributed by atoms with Gasteiger partial charge in [-0.05, 0) is 24.8 Å². The third kappa shape index (κ3) is 5.01. The highest BCUT2D eigenvalue weighted by atomic mass is 16.5. The molecule has 0 fully saturated rings. The SMILES string of the molecule is COC(=O)C=CCCCc1ccccc1. The summed E-state index contributed by atoms with van der Waals surface area (Å²) in [6, 6.07) is 10.3. The van der Waals surface area contributed by atoms with E-state index in [9.17, 15) is 4.79 Å². The Bertz CT molecular complexity index is 315. The van der Waals surface area contributed by atoms with Gasteiger partial charge in [-0.15, -0.1) is 0 Å². The van der Waals surface area contributed by atoms with Gasteiger partial charge in [0.25, 0.3) is 0 Å². The normalized spacial score (nSPS) is 10.5. The summed E-state index contributed by atoms with van der Waals surface area (Å²) >= 11 is 0. The number of ether oxygens (including phenoxy) is 1. The molecular weight excluding hydrogens is 188 g/mol. The van der Waals surface area contributed by atoms with Crippen molar-refractivity contribution in [3.63, 3.8) is 0 Å². The number of methoxy groups -OCH3 is 1. The van der Waals surface area contributed by atoms with E-state index < -0.39 is 0 Å². The Kier molecular flexibility index (Phi) is 5.23. The number of hydrogen-bond donors (Lipinski definition) is 0. The number of rotatable bonds is 5. The van der Waals surface area contributed by atoms with Crippen LogP contribution in [0.2, 0.25) is 0 Å². The first-order chi connectivity index (χ1) is 7.33. The maximum atomic E-state index is 10.7. The Balaban J connectivity index is 2.17. The lowest BCUT2D eigenvalue weighted by Crippen LogP contribution is -1.93. The first kappa shape index (κ1) is 11.5. The molecule has 0 bridgehead atoms. The van der Waals surface area contributed by atoms with E-state index in [4.69, 9.17) is 0 Å². The zero-order valence-corrected chi connectivity index (χ0v) is 8.98. The van der Waals surface area contributed by atoms with Crippen LogP contribution in [0.15, 0.2) is 42.5 Å². The Hall–Kier alpha value is -1.57. The molecule has 2 nitrogen and oxygen atoms in total. The van der Waals surface area contributed by atoms with E-state index in [2.05, 4.69) is 16.9 Å². The highest BCUT2D eigenvalue weighted by Gasteiger charge is 1.91. The summed E-state index contributed by atoms with van der Waals surface area (Å²) < 4.78 is 4.49. The van der Waals surface area contributed by atoms with Crippen molar-refractivity contribution < 1.29 is 9.53 Å². The molecule has 1 rings (SSSR count). The van der Waals surface area contributed by atoms with Crippen LogP contribution in [0.25, 0.3) is 0 Å². The summed E-state index contributed by atoms with van der Waals surface area (Å²) in [6.07, 6.45) is 6.34. The molecular formula is C13H16O2. The van der Waals surface area contributed by atoms with E-state index in [1.165, 1.54) is 18.7 Å². The van der Waals surface area contributed by atoms with Gasteiger partial charge in [0.2, 0.25) is 0 Å². The standard InChI is InChI=1S/C13H16O2/c1-15-13(14)11-7-3-6-10-12-8-4-2-5-9-12/h2,4-5,7-9,11H,3,6,10H2,1H3. The molecule has 0 radical (unpaired) electrons. The van der Waals surface area contributed by atoms with Crippen molar-refractivity contribution in [1.29, 1.82) is 0 Å². The lowest BCUT2D eigenvalue weighted by atomic mass is 10.1. The number of unbranched alkanes of at least 4 members (excludes halogenated alkanes) is 1. The third-order valence-corrected chi connectivity index (χ3v) is 2.13. The van der Waals surface area contributed by atoms with Gasteiger partial charge in [0.05, 0.1) is 7.11 Å². The van der Waals surface area contributed by atoms with Gasteiger partial charge >= 0.3 is 5.97 Å². The van der Waals surface area contributed by atoms with Gasteiger partial charge < -0.3 is 4.74 Å². The summed E-state index contributed by atoms with van der Waals surface area (Å²) in [4.78, 5) is 10.7. The maximum Gasteiger partial charge on any atom is 0.330 e. The molecule has 0 saturated heterocycles. The molecule has 1 aromatic rings. The molecule has 0 atom stereocenters. The molecule has 0 unspecified atom stereocenters. The first-order valence-electron chi connectivity index (χ1n) is 5.11. The lowest BCUT2D eigenvalue weighted by Gasteiger charge is -1.97. The summed E-state index contributed by atoms with van der Waals surface area (Å²) in [7, 11) is 1.39. The molecule has 0 saturated carbocycles. The number of esters is 1. The number of aryl methyl sites for hydroxylation is 1. The van der Waals surface area contributed by atoms with Crippen LogP contribution in [0.1, 0.15) is 18.4 Å². The van der Waals surface area contributed by atoms with Crippen LogP contribution in [0.3, 0.4) is 0 Å². The minimum atomic E-state index is -0.283. The third-order valence-electron chi connectivity index (χ3n) is 2.13. The molecule has 0 heterocycles. The van der Waals surface area contributed by atoms with Crippen LogP contribution in [0.4, 0.5) is 0 Å². The molecule has 0 N–H and O–H groups in total. The average Bonchev–Trinajstić information content (AvgIpc) is 2.29. The monoisotopic (exact) mass is 204 g/mol.